The van der Waals surface area contributed by atoms with Crippen LogP contribution in [0.1, 0.15) is 26.7 Å². The number of allylic oxidation sites excluding steroid dienone is 2. The summed E-state index contributed by atoms with van der Waals surface area (Å²) < 4.78 is 10.0. The Labute approximate surface area is 129 Å². The molecule has 0 saturated carbocycles. The van der Waals surface area contributed by atoms with E-state index in [1.807, 2.05) is 0 Å². The number of esters is 2. The third-order valence-corrected chi connectivity index (χ3v) is 3.27. The first-order chi connectivity index (χ1) is 10.4. The van der Waals surface area contributed by atoms with E-state index in [4.69, 9.17) is 9.47 Å². The molecule has 1 aliphatic rings. The topological polar surface area (TPSA) is 86.7 Å². The van der Waals surface area contributed by atoms with Crippen molar-refractivity contribution in [2.75, 3.05) is 13.2 Å². The van der Waals surface area contributed by atoms with Gasteiger partial charge in [-0.05, 0) is 26.7 Å². The average molecular weight is 308 g/mol. The molecule has 0 fully saturated rings. The normalized spacial score (nSPS) is 27.0. The summed E-state index contributed by atoms with van der Waals surface area (Å²) in [5, 5.41) is 0. The molecule has 0 bridgehead atoms. The fourth-order valence-electron chi connectivity index (χ4n) is 1.92. The van der Waals surface area contributed by atoms with Gasteiger partial charge < -0.3 is 9.47 Å². The molecule has 120 valence electrons. The van der Waals surface area contributed by atoms with Crippen molar-refractivity contribution < 1.29 is 28.7 Å². The third kappa shape index (κ3) is 5.63. The predicted molar refractivity (Wildman–Crippen MR) is 77.8 cm³/mol. The van der Waals surface area contributed by atoms with Crippen LogP contribution in [0.2, 0.25) is 0 Å². The van der Waals surface area contributed by atoms with Crippen LogP contribution in [0.4, 0.5) is 0 Å². The van der Waals surface area contributed by atoms with Gasteiger partial charge in [0.2, 0.25) is 0 Å². The SMILES string of the molecule is CC(=O)[C@@H]1C/C=C/COC(=O)[C@H](C(C)=O)C/C=C/COC1=O. The van der Waals surface area contributed by atoms with Crippen LogP contribution < -0.4 is 0 Å². The fraction of sp³-hybridized carbons (Fsp3) is 0.500. The summed E-state index contributed by atoms with van der Waals surface area (Å²) in [6, 6.07) is 0. The highest BCUT2D eigenvalue weighted by atomic mass is 16.5. The van der Waals surface area contributed by atoms with Crippen LogP contribution in [0.25, 0.3) is 0 Å². The van der Waals surface area contributed by atoms with Gasteiger partial charge in [-0.15, -0.1) is 0 Å². The molecule has 0 aromatic rings. The maximum absolute atomic E-state index is 11.8. The first kappa shape index (κ1) is 17.8. The van der Waals surface area contributed by atoms with E-state index >= 15 is 0 Å². The second-order valence-electron chi connectivity index (χ2n) is 5.00. The molecule has 0 aliphatic carbocycles. The molecule has 0 amide bonds. The van der Waals surface area contributed by atoms with Crippen molar-refractivity contribution in [2.45, 2.75) is 26.7 Å². The molecule has 0 N–H and O–H groups in total. The summed E-state index contributed by atoms with van der Waals surface area (Å²) in [5.41, 5.74) is 0. The zero-order valence-electron chi connectivity index (χ0n) is 12.7. The van der Waals surface area contributed by atoms with E-state index < -0.39 is 23.8 Å². The number of ether oxygens (including phenoxy) is 2. The number of carbonyl (C=O) groups excluding carboxylic acids is 4. The molecule has 6 nitrogen and oxygen atoms in total. The van der Waals surface area contributed by atoms with E-state index in [0.29, 0.717) is 0 Å². The third-order valence-electron chi connectivity index (χ3n) is 3.27. The van der Waals surface area contributed by atoms with Crippen molar-refractivity contribution >= 4 is 23.5 Å². The minimum Gasteiger partial charge on any atom is -0.461 e. The van der Waals surface area contributed by atoms with Gasteiger partial charge in [0.25, 0.3) is 0 Å². The Kier molecular flexibility index (Phi) is 7.22. The standard InChI is InChI=1S/C16H20O6/c1-11(17)13-7-3-5-10-22-16(20)14(12(2)18)8-4-6-9-21-15(13)19/h3-6,13-14H,7-10H2,1-2H3/b5-3+,6-4+/t13-,14-/m0/s1. The maximum atomic E-state index is 11.8. The van der Waals surface area contributed by atoms with Crippen LogP contribution in [0.3, 0.4) is 0 Å². The molecule has 0 radical (unpaired) electrons. The zero-order chi connectivity index (χ0) is 16.5. The highest BCUT2D eigenvalue weighted by Crippen LogP contribution is 2.12. The number of carbonyl (C=O) groups is 4. The molecule has 6 heteroatoms. The Balaban J connectivity index is 2.81. The van der Waals surface area contributed by atoms with E-state index in [0.717, 1.165) is 0 Å². The van der Waals surface area contributed by atoms with Gasteiger partial charge in [-0.25, -0.2) is 0 Å². The Morgan fingerprint density at radius 3 is 1.50 bits per heavy atom. The van der Waals surface area contributed by atoms with E-state index in [9.17, 15) is 19.2 Å². The lowest BCUT2D eigenvalue weighted by Crippen LogP contribution is -2.25. The van der Waals surface area contributed by atoms with Crippen molar-refractivity contribution in [1.29, 1.82) is 0 Å². The Morgan fingerprint density at radius 2 is 1.18 bits per heavy atom. The summed E-state index contributed by atoms with van der Waals surface area (Å²) in [7, 11) is 0. The van der Waals surface area contributed by atoms with Crippen LogP contribution >= 0.6 is 0 Å². The molecule has 0 saturated heterocycles. The second-order valence-corrected chi connectivity index (χ2v) is 5.00. The van der Waals surface area contributed by atoms with Crippen LogP contribution in [-0.4, -0.2) is 36.7 Å². The Morgan fingerprint density at radius 1 is 0.818 bits per heavy atom. The van der Waals surface area contributed by atoms with Gasteiger partial charge in [-0.1, -0.05) is 24.3 Å². The van der Waals surface area contributed by atoms with Gasteiger partial charge in [-0.2, -0.15) is 0 Å². The minimum absolute atomic E-state index is 0.00794. The molecular formula is C16H20O6. The minimum atomic E-state index is -0.853. The van der Waals surface area contributed by atoms with Crippen LogP contribution in [0.5, 0.6) is 0 Å². The number of hydrogen-bond donors (Lipinski definition) is 0. The lowest BCUT2D eigenvalue weighted by Gasteiger charge is -2.12. The lowest BCUT2D eigenvalue weighted by molar-refractivity contribution is -0.152. The summed E-state index contributed by atoms with van der Waals surface area (Å²) in [6.45, 7) is 2.64. The van der Waals surface area contributed by atoms with E-state index in [-0.39, 0.29) is 37.6 Å². The summed E-state index contributed by atoms with van der Waals surface area (Å²) >= 11 is 0. The van der Waals surface area contributed by atoms with Gasteiger partial charge in [-0.3, -0.25) is 19.2 Å². The van der Waals surface area contributed by atoms with Crippen molar-refractivity contribution in [3.05, 3.63) is 24.3 Å². The molecule has 1 rings (SSSR count). The first-order valence-corrected chi connectivity index (χ1v) is 7.07. The van der Waals surface area contributed by atoms with Crippen LogP contribution in [0.15, 0.2) is 24.3 Å². The largest absolute Gasteiger partial charge is 0.461 e. The van der Waals surface area contributed by atoms with Crippen molar-refractivity contribution in [1.82, 2.24) is 0 Å². The summed E-state index contributed by atoms with van der Waals surface area (Å²) in [6.07, 6.45) is 6.63. The lowest BCUT2D eigenvalue weighted by atomic mass is 10.0. The summed E-state index contributed by atoms with van der Waals surface area (Å²) in [4.78, 5) is 46.5. The number of rotatable bonds is 2. The van der Waals surface area contributed by atoms with Gasteiger partial charge in [0.15, 0.2) is 0 Å². The number of cyclic esters (lactones) is 2. The number of hydrogen-bond acceptors (Lipinski definition) is 6. The fourth-order valence-corrected chi connectivity index (χ4v) is 1.92. The Bertz CT molecular complexity index is 457. The van der Waals surface area contributed by atoms with Crippen molar-refractivity contribution in [2.24, 2.45) is 11.8 Å². The first-order valence-electron chi connectivity index (χ1n) is 7.07. The highest BCUT2D eigenvalue weighted by Gasteiger charge is 2.25. The molecule has 1 heterocycles. The number of Topliss-reactive ketones (excluding diaryl/α,β-unsaturated/α-hetero) is 2. The molecular weight excluding hydrogens is 288 g/mol. The van der Waals surface area contributed by atoms with Crippen molar-refractivity contribution in [3.8, 4) is 0 Å². The quantitative estimate of drug-likeness (QED) is 0.435. The molecule has 2 atom stereocenters. The summed E-state index contributed by atoms with van der Waals surface area (Å²) in [5.74, 6) is -3.43. The van der Waals surface area contributed by atoms with Crippen LogP contribution in [-0.2, 0) is 28.7 Å². The van der Waals surface area contributed by atoms with E-state index in [2.05, 4.69) is 0 Å². The van der Waals surface area contributed by atoms with Gasteiger partial charge in [0.05, 0.1) is 0 Å². The molecule has 0 aromatic carbocycles. The molecule has 22 heavy (non-hydrogen) atoms. The van der Waals surface area contributed by atoms with E-state index in [1.165, 1.54) is 13.8 Å². The monoisotopic (exact) mass is 308 g/mol. The van der Waals surface area contributed by atoms with Gasteiger partial charge in [0.1, 0.15) is 36.6 Å². The smallest absolute Gasteiger partial charge is 0.317 e. The van der Waals surface area contributed by atoms with Crippen molar-refractivity contribution in [3.63, 3.8) is 0 Å². The second kappa shape index (κ2) is 8.92. The van der Waals surface area contributed by atoms with Gasteiger partial charge >= 0.3 is 11.9 Å². The van der Waals surface area contributed by atoms with E-state index in [1.54, 1.807) is 24.3 Å². The number of ketones is 2. The van der Waals surface area contributed by atoms with Gasteiger partial charge in [0, 0.05) is 0 Å². The van der Waals surface area contributed by atoms with Crippen LogP contribution in [0, 0.1) is 11.8 Å². The molecule has 0 unspecified atom stereocenters. The molecule has 0 spiro atoms. The predicted octanol–water partition coefficient (Wildman–Crippen LogP) is 1.39. The zero-order valence-corrected chi connectivity index (χ0v) is 12.7. The Hall–Kier alpha value is -2.24. The average Bonchev–Trinajstić information content (AvgIpc) is 2.44. The maximum Gasteiger partial charge on any atom is 0.317 e. The highest BCUT2D eigenvalue weighted by molar-refractivity contribution is 5.98. The molecule has 1 aliphatic heterocycles. The molecule has 0 aromatic heterocycles.